The maximum atomic E-state index is 16.4. The number of anilines is 1. The molecule has 298 valence electrons. The molecule has 4 heterocycles. The lowest BCUT2D eigenvalue weighted by Gasteiger charge is -2.44. The summed E-state index contributed by atoms with van der Waals surface area (Å²) < 4.78 is 51.2. The highest BCUT2D eigenvalue weighted by atomic mass is 19.1. The van der Waals surface area contributed by atoms with E-state index in [2.05, 4.69) is 5.32 Å². The third kappa shape index (κ3) is 8.09. The molecule has 17 nitrogen and oxygen atoms in total. The van der Waals surface area contributed by atoms with E-state index in [1.807, 2.05) is 9.80 Å². The molecule has 4 unspecified atom stereocenters. The second-order valence-corrected chi connectivity index (χ2v) is 14.3. The van der Waals surface area contributed by atoms with Crippen molar-refractivity contribution in [2.24, 2.45) is 5.92 Å². The van der Waals surface area contributed by atoms with Crippen LogP contribution in [0, 0.1) is 11.7 Å². The number of benzene rings is 1. The monoisotopic (exact) mass is 772 g/mol. The molecule has 7 atom stereocenters. The second kappa shape index (κ2) is 15.8. The van der Waals surface area contributed by atoms with Crippen LogP contribution in [0.2, 0.25) is 0 Å². The number of rotatable bonds is 10. The van der Waals surface area contributed by atoms with Gasteiger partial charge in [-0.2, -0.15) is 0 Å². The summed E-state index contributed by atoms with van der Waals surface area (Å²) in [6.45, 7) is 6.83. The number of nitrogens with zero attached hydrogens (tertiary/aromatic N) is 3. The number of carbonyl (C=O) groups excluding carboxylic acids is 6. The van der Waals surface area contributed by atoms with Crippen LogP contribution in [0.1, 0.15) is 76.7 Å². The number of carbonyl (C=O) groups is 6. The predicted molar refractivity (Wildman–Crippen MR) is 189 cm³/mol. The third-order valence-electron chi connectivity index (χ3n) is 10.4. The Morgan fingerprint density at radius 2 is 1.58 bits per heavy atom. The summed E-state index contributed by atoms with van der Waals surface area (Å²) in [5.74, 6) is -4.86. The minimum atomic E-state index is -1.69. The van der Waals surface area contributed by atoms with Crippen molar-refractivity contribution in [3.8, 4) is 5.75 Å². The number of piperidine rings is 1. The number of halogens is 1. The van der Waals surface area contributed by atoms with Crippen molar-refractivity contribution in [3.63, 3.8) is 0 Å². The molecule has 2 amide bonds. The molecule has 0 radical (unpaired) electrons. The zero-order valence-corrected chi connectivity index (χ0v) is 31.5. The molecule has 2 aromatic rings. The molecule has 1 N–H and O–H groups in total. The Hall–Kier alpha value is -5.26. The molecule has 3 aliphatic heterocycles. The van der Waals surface area contributed by atoms with Gasteiger partial charge in [-0.3, -0.25) is 33.6 Å². The van der Waals surface area contributed by atoms with Crippen molar-refractivity contribution in [2.75, 3.05) is 38.3 Å². The zero-order valence-electron chi connectivity index (χ0n) is 31.5. The number of hydrogen-bond donors (Lipinski definition) is 1. The molecule has 4 fully saturated rings. The fraction of sp³-hybridized carbons (Fsp3) is 0.595. The highest BCUT2D eigenvalue weighted by Gasteiger charge is 2.53. The normalized spacial score (nSPS) is 26.1. The Morgan fingerprint density at radius 1 is 0.909 bits per heavy atom. The number of methoxy groups -OCH3 is 1. The van der Waals surface area contributed by atoms with Crippen LogP contribution in [0.4, 0.5) is 10.1 Å². The summed E-state index contributed by atoms with van der Waals surface area (Å²) in [6.07, 6.45) is -1.60. The Morgan fingerprint density at radius 3 is 2.18 bits per heavy atom. The molecule has 1 saturated carbocycles. The fourth-order valence-corrected chi connectivity index (χ4v) is 8.04. The van der Waals surface area contributed by atoms with Crippen molar-refractivity contribution in [2.45, 2.75) is 103 Å². The second-order valence-electron chi connectivity index (χ2n) is 14.3. The van der Waals surface area contributed by atoms with E-state index >= 15 is 4.39 Å². The number of fused-ring (bicyclic) bond motifs is 2. The van der Waals surface area contributed by atoms with Crippen LogP contribution in [0.15, 0.2) is 17.1 Å². The molecule has 1 aliphatic carbocycles. The molecule has 55 heavy (non-hydrogen) atoms. The maximum Gasteiger partial charge on any atom is 0.305 e. The van der Waals surface area contributed by atoms with Crippen molar-refractivity contribution in [1.29, 1.82) is 0 Å². The summed E-state index contributed by atoms with van der Waals surface area (Å²) in [4.78, 5) is 93.0. The number of esters is 4. The van der Waals surface area contributed by atoms with Crippen LogP contribution in [0.5, 0.6) is 5.75 Å². The molecule has 1 aromatic carbocycles. The average molecular weight is 773 g/mol. The standard InChI is InChI=1S/C37H45FN4O13/c1-17(43)41-11-7-8-22-13-40(15-27(22)41)31-26(38)12-24-30(35(31)50-6)42(23-9-10-23)14-25(32(24)48)36(49)39-29-34(53-20(4)46)33(52-19(3)45)28(16-51-18(2)44)55-37(29)54-21(5)47/h12,14,22-23,27-29,33-34,37H,7-11,13,15-16H2,1-6H3,(H,39,49)/t22?,27?,28?,29-,33-,34?,37+/m0/s1. The molecular formula is C37H45FN4O13. The van der Waals surface area contributed by atoms with E-state index in [0.717, 1.165) is 46.6 Å². The first-order valence-corrected chi connectivity index (χ1v) is 18.2. The van der Waals surface area contributed by atoms with Gasteiger partial charge in [0.05, 0.1) is 24.1 Å². The highest BCUT2D eigenvalue weighted by molar-refractivity contribution is 6.00. The SMILES string of the molecule is COc1c(N2CC3CCCN(C(C)=O)C3C2)c(F)cc2c(=O)c(C(=O)N[C@H]3C(OC(C)=O)[C@@H](OC(C)=O)C(COC(C)=O)O[C@H]3OC(C)=O)cn(C3CC3)c12. The minimum absolute atomic E-state index is 0.0438. The van der Waals surface area contributed by atoms with E-state index in [1.165, 1.54) is 20.2 Å². The van der Waals surface area contributed by atoms with E-state index in [1.54, 1.807) is 4.57 Å². The zero-order chi connectivity index (χ0) is 39.9. The van der Waals surface area contributed by atoms with Crippen LogP contribution in [-0.4, -0.2) is 115 Å². The van der Waals surface area contributed by atoms with Gasteiger partial charge in [0.25, 0.3) is 5.91 Å². The van der Waals surface area contributed by atoms with Crippen LogP contribution in [0.25, 0.3) is 10.9 Å². The third-order valence-corrected chi connectivity index (χ3v) is 10.4. The van der Waals surface area contributed by atoms with Crippen LogP contribution < -0.4 is 20.4 Å². The number of pyridine rings is 1. The predicted octanol–water partition coefficient (Wildman–Crippen LogP) is 1.74. The van der Waals surface area contributed by atoms with Gasteiger partial charge in [-0.25, -0.2) is 4.39 Å². The first-order valence-electron chi connectivity index (χ1n) is 18.2. The molecule has 0 spiro atoms. The lowest BCUT2D eigenvalue weighted by Crippen LogP contribution is -2.67. The number of hydrogen-bond acceptors (Lipinski definition) is 14. The summed E-state index contributed by atoms with van der Waals surface area (Å²) in [5, 5.41) is 2.44. The lowest BCUT2D eigenvalue weighted by molar-refractivity contribution is -0.270. The van der Waals surface area contributed by atoms with E-state index < -0.39 is 83.8 Å². The molecular weight excluding hydrogens is 727 g/mol. The Balaban J connectivity index is 1.41. The largest absolute Gasteiger partial charge is 0.492 e. The Bertz CT molecular complexity index is 1960. The van der Waals surface area contributed by atoms with Crippen LogP contribution in [0.3, 0.4) is 0 Å². The van der Waals surface area contributed by atoms with Gasteiger partial charge in [0.2, 0.25) is 17.6 Å². The first-order chi connectivity index (χ1) is 26.1. The quantitative estimate of drug-likeness (QED) is 0.271. The van der Waals surface area contributed by atoms with Gasteiger partial charge in [0.1, 0.15) is 30.0 Å². The van der Waals surface area contributed by atoms with Crippen molar-refractivity contribution in [3.05, 3.63) is 33.9 Å². The van der Waals surface area contributed by atoms with Gasteiger partial charge >= 0.3 is 23.9 Å². The van der Waals surface area contributed by atoms with Crippen molar-refractivity contribution >= 4 is 52.3 Å². The van der Waals surface area contributed by atoms with Gasteiger partial charge in [-0.15, -0.1) is 0 Å². The Labute approximate surface area is 315 Å². The molecule has 0 bridgehead atoms. The van der Waals surface area contributed by atoms with E-state index in [4.69, 9.17) is 28.4 Å². The summed E-state index contributed by atoms with van der Waals surface area (Å²) in [7, 11) is 1.38. The minimum Gasteiger partial charge on any atom is -0.492 e. The van der Waals surface area contributed by atoms with Crippen LogP contribution in [-0.2, 0) is 47.7 Å². The van der Waals surface area contributed by atoms with Gasteiger partial charge in [-0.1, -0.05) is 0 Å². The van der Waals surface area contributed by atoms with Crippen LogP contribution >= 0.6 is 0 Å². The highest BCUT2D eigenvalue weighted by Crippen LogP contribution is 2.45. The molecule has 1 aromatic heterocycles. The van der Waals surface area contributed by atoms with Gasteiger partial charge in [-0.05, 0) is 37.7 Å². The molecule has 6 rings (SSSR count). The summed E-state index contributed by atoms with van der Waals surface area (Å²) in [5.41, 5.74) is -0.820. The number of amides is 2. The lowest BCUT2D eigenvalue weighted by atomic mass is 9.92. The van der Waals surface area contributed by atoms with Crippen molar-refractivity contribution in [1.82, 2.24) is 14.8 Å². The number of aromatic nitrogens is 1. The topological polar surface area (TPSA) is 198 Å². The van der Waals surface area contributed by atoms with E-state index in [-0.39, 0.29) is 40.7 Å². The van der Waals surface area contributed by atoms with E-state index in [9.17, 15) is 33.6 Å². The average Bonchev–Trinajstić information content (AvgIpc) is 3.86. The van der Waals surface area contributed by atoms with E-state index in [0.29, 0.717) is 38.0 Å². The molecule has 3 saturated heterocycles. The van der Waals surface area contributed by atoms with Gasteiger partial charge < -0.3 is 48.1 Å². The maximum absolute atomic E-state index is 16.4. The summed E-state index contributed by atoms with van der Waals surface area (Å²) >= 11 is 0. The fourth-order valence-electron chi connectivity index (χ4n) is 8.04. The molecule has 18 heteroatoms. The van der Waals surface area contributed by atoms with Gasteiger partial charge in [0.15, 0.2) is 23.8 Å². The smallest absolute Gasteiger partial charge is 0.305 e. The number of nitrogens with one attached hydrogen (secondary N) is 1. The first kappa shape index (κ1) is 39.4. The molecule has 4 aliphatic rings. The summed E-state index contributed by atoms with van der Waals surface area (Å²) in [6, 6.07) is -0.744. The number of likely N-dealkylation sites (tertiary alicyclic amines) is 1. The van der Waals surface area contributed by atoms with Gasteiger partial charge in [0, 0.05) is 66.5 Å². The Kier molecular flexibility index (Phi) is 11.4. The van der Waals surface area contributed by atoms with Crippen molar-refractivity contribution < 1.29 is 61.6 Å². The number of ether oxygens (including phenoxy) is 6.